The second-order valence-corrected chi connectivity index (χ2v) is 7.32. The number of hydrogen-bond acceptors (Lipinski definition) is 4. The summed E-state index contributed by atoms with van der Waals surface area (Å²) in [5.74, 6) is 1.77. The minimum absolute atomic E-state index is 0.152. The summed E-state index contributed by atoms with van der Waals surface area (Å²) in [7, 11) is 1.68. The first-order valence-electron chi connectivity index (χ1n) is 9.52. The van der Waals surface area contributed by atoms with Crippen molar-refractivity contribution in [2.75, 3.05) is 20.3 Å². The Kier molecular flexibility index (Phi) is 5.78. The van der Waals surface area contributed by atoms with Gasteiger partial charge in [-0.15, -0.1) is 0 Å². The lowest BCUT2D eigenvalue weighted by molar-refractivity contribution is 0.195. The molecule has 2 aromatic carbocycles. The molecule has 5 nitrogen and oxygen atoms in total. The summed E-state index contributed by atoms with van der Waals surface area (Å²) in [5, 5.41) is 8.51. The highest BCUT2D eigenvalue weighted by atomic mass is 32.1. The Morgan fingerprint density at radius 1 is 1.25 bits per heavy atom. The summed E-state index contributed by atoms with van der Waals surface area (Å²) < 4.78 is 11.3. The van der Waals surface area contributed by atoms with Gasteiger partial charge >= 0.3 is 0 Å². The van der Waals surface area contributed by atoms with Crippen molar-refractivity contribution >= 4 is 17.3 Å². The van der Waals surface area contributed by atoms with Crippen LogP contribution in [-0.4, -0.2) is 36.3 Å². The first-order chi connectivity index (χ1) is 13.7. The molecule has 0 fully saturated rings. The molecule has 1 radical (unpaired) electrons. The van der Waals surface area contributed by atoms with Gasteiger partial charge in [0.2, 0.25) is 0 Å². The average molecular weight is 395 g/mol. The van der Waals surface area contributed by atoms with Crippen LogP contribution < -0.4 is 20.1 Å². The maximum atomic E-state index is 5.99. The molecule has 6 heteroatoms. The van der Waals surface area contributed by atoms with Crippen molar-refractivity contribution < 1.29 is 9.47 Å². The molecule has 145 valence electrons. The second kappa shape index (κ2) is 8.63. The largest absolute Gasteiger partial charge is 0.497 e. The van der Waals surface area contributed by atoms with Crippen molar-refractivity contribution in [3.63, 3.8) is 0 Å². The lowest BCUT2D eigenvalue weighted by Gasteiger charge is -2.34. The molecule has 2 aliphatic rings. The summed E-state index contributed by atoms with van der Waals surface area (Å²) >= 11 is 5.51. The Balaban J connectivity index is 1.36. The average Bonchev–Trinajstić information content (AvgIpc) is 3.11. The molecule has 2 aromatic rings. The van der Waals surface area contributed by atoms with E-state index in [1.165, 1.54) is 5.56 Å². The minimum Gasteiger partial charge on any atom is -0.497 e. The van der Waals surface area contributed by atoms with E-state index in [0.29, 0.717) is 11.7 Å². The van der Waals surface area contributed by atoms with E-state index in [4.69, 9.17) is 21.7 Å². The van der Waals surface area contributed by atoms with Crippen LogP contribution in [0.1, 0.15) is 17.5 Å². The standard InChI is InChI=1S/C22H24N3O2S/c1-26-20-7-8-21-17(12-20)11-19(15-27-21)25-18(14-24-22(25)28)9-10-23-13-16-5-3-2-4-6-16/h2-8,12,14,19,23H,9-11,13,15H2,1H3. The normalized spacial score (nSPS) is 18.2. The molecule has 1 unspecified atom stereocenters. The Bertz CT molecular complexity index is 869. The van der Waals surface area contributed by atoms with Gasteiger partial charge in [0.15, 0.2) is 5.11 Å². The van der Waals surface area contributed by atoms with Gasteiger partial charge in [-0.2, -0.15) is 0 Å². The maximum Gasteiger partial charge on any atom is 0.200 e. The number of ether oxygens (including phenoxy) is 2. The molecule has 0 aromatic heterocycles. The molecule has 0 saturated heterocycles. The first-order valence-corrected chi connectivity index (χ1v) is 9.93. The molecule has 0 saturated carbocycles. The van der Waals surface area contributed by atoms with Gasteiger partial charge in [0.25, 0.3) is 0 Å². The molecule has 1 atom stereocenters. The molecule has 4 rings (SSSR count). The first kappa shape index (κ1) is 18.8. The lowest BCUT2D eigenvalue weighted by atomic mass is 10.0. The molecule has 2 heterocycles. The number of thiocarbonyl (C=S) groups is 1. The zero-order chi connectivity index (χ0) is 19.3. The maximum absolute atomic E-state index is 5.99. The summed E-state index contributed by atoms with van der Waals surface area (Å²) in [4.78, 5) is 2.15. The van der Waals surface area contributed by atoms with Gasteiger partial charge in [0.1, 0.15) is 18.1 Å². The van der Waals surface area contributed by atoms with E-state index >= 15 is 0 Å². The van der Waals surface area contributed by atoms with Crippen LogP contribution in [0.4, 0.5) is 0 Å². The Morgan fingerprint density at radius 3 is 2.93 bits per heavy atom. The third-order valence-electron chi connectivity index (χ3n) is 5.09. The quantitative estimate of drug-likeness (QED) is 0.577. The Hall–Kier alpha value is -2.57. The molecule has 28 heavy (non-hydrogen) atoms. The third kappa shape index (κ3) is 4.13. The topological polar surface area (TPSA) is 47.8 Å². The van der Waals surface area contributed by atoms with E-state index in [-0.39, 0.29) is 6.04 Å². The Morgan fingerprint density at radius 2 is 2.11 bits per heavy atom. The predicted molar refractivity (Wildman–Crippen MR) is 113 cm³/mol. The molecule has 0 spiro atoms. The molecule has 0 bridgehead atoms. The number of nitrogens with zero attached hydrogens (tertiary/aromatic N) is 2. The molecule has 0 amide bonds. The number of fused-ring (bicyclic) bond motifs is 1. The fourth-order valence-corrected chi connectivity index (χ4v) is 3.96. The van der Waals surface area contributed by atoms with Crippen LogP contribution >= 0.6 is 12.2 Å². The fourth-order valence-electron chi connectivity index (χ4n) is 3.65. The fraction of sp³-hybridized carbons (Fsp3) is 0.318. The number of benzene rings is 2. The highest BCUT2D eigenvalue weighted by molar-refractivity contribution is 7.80. The summed E-state index contributed by atoms with van der Waals surface area (Å²) in [6, 6.07) is 16.5. The minimum atomic E-state index is 0.152. The number of methoxy groups -OCH3 is 1. The monoisotopic (exact) mass is 394 g/mol. The van der Waals surface area contributed by atoms with E-state index in [1.807, 2.05) is 30.5 Å². The summed E-state index contributed by atoms with van der Waals surface area (Å²) in [6.07, 6.45) is 3.63. The van der Waals surface area contributed by atoms with Gasteiger partial charge < -0.3 is 19.7 Å². The van der Waals surface area contributed by atoms with Crippen molar-refractivity contribution in [3.8, 4) is 11.5 Å². The molecular weight excluding hydrogens is 370 g/mol. The smallest absolute Gasteiger partial charge is 0.200 e. The predicted octanol–water partition coefficient (Wildman–Crippen LogP) is 3.22. The van der Waals surface area contributed by atoms with Crippen molar-refractivity contribution in [1.82, 2.24) is 15.5 Å². The van der Waals surface area contributed by atoms with Crippen LogP contribution in [0.15, 0.2) is 60.4 Å². The van der Waals surface area contributed by atoms with Crippen LogP contribution in [0.3, 0.4) is 0 Å². The molecular formula is C22H24N3O2S. The summed E-state index contributed by atoms with van der Waals surface area (Å²) in [5.41, 5.74) is 3.57. The number of nitrogens with one attached hydrogen (secondary N) is 1. The number of rotatable bonds is 7. The van der Waals surface area contributed by atoms with E-state index in [0.717, 1.165) is 48.7 Å². The van der Waals surface area contributed by atoms with Gasteiger partial charge in [0, 0.05) is 37.8 Å². The van der Waals surface area contributed by atoms with E-state index in [1.54, 1.807) is 7.11 Å². The molecule has 2 aliphatic heterocycles. The van der Waals surface area contributed by atoms with Crippen molar-refractivity contribution in [2.24, 2.45) is 0 Å². The Labute approximate surface area is 171 Å². The second-order valence-electron chi connectivity index (χ2n) is 6.96. The van der Waals surface area contributed by atoms with Gasteiger partial charge in [-0.3, -0.25) is 0 Å². The zero-order valence-corrected chi connectivity index (χ0v) is 16.7. The van der Waals surface area contributed by atoms with E-state index in [9.17, 15) is 0 Å². The molecule has 0 aliphatic carbocycles. The van der Waals surface area contributed by atoms with Crippen LogP contribution in [0.2, 0.25) is 0 Å². The van der Waals surface area contributed by atoms with Crippen molar-refractivity contribution in [2.45, 2.75) is 25.4 Å². The van der Waals surface area contributed by atoms with Crippen molar-refractivity contribution in [3.05, 3.63) is 71.6 Å². The summed E-state index contributed by atoms with van der Waals surface area (Å²) in [6.45, 7) is 2.33. The van der Waals surface area contributed by atoms with Gasteiger partial charge in [-0.25, -0.2) is 5.32 Å². The highest BCUT2D eigenvalue weighted by Gasteiger charge is 2.32. The van der Waals surface area contributed by atoms with E-state index < -0.39 is 0 Å². The number of hydrogen-bond donors (Lipinski definition) is 1. The highest BCUT2D eigenvalue weighted by Crippen LogP contribution is 2.32. The SMILES string of the molecule is COc1ccc2c(c1)CC(N1C(=S)[N]C=C1CCNCc1ccccc1)CO2. The zero-order valence-electron chi connectivity index (χ0n) is 15.9. The van der Waals surface area contributed by atoms with Crippen LogP contribution in [-0.2, 0) is 13.0 Å². The van der Waals surface area contributed by atoms with Crippen LogP contribution in [0.25, 0.3) is 0 Å². The van der Waals surface area contributed by atoms with Crippen LogP contribution in [0.5, 0.6) is 11.5 Å². The van der Waals surface area contributed by atoms with Gasteiger partial charge in [-0.05, 0) is 41.5 Å². The lowest BCUT2D eigenvalue weighted by Crippen LogP contribution is -2.44. The van der Waals surface area contributed by atoms with Gasteiger partial charge in [0.05, 0.1) is 13.2 Å². The van der Waals surface area contributed by atoms with Crippen LogP contribution in [0, 0.1) is 0 Å². The molecule has 1 N–H and O–H groups in total. The third-order valence-corrected chi connectivity index (χ3v) is 5.39. The van der Waals surface area contributed by atoms with E-state index in [2.05, 4.69) is 39.8 Å². The van der Waals surface area contributed by atoms with Gasteiger partial charge in [-0.1, -0.05) is 30.3 Å². The van der Waals surface area contributed by atoms with Crippen molar-refractivity contribution in [1.29, 1.82) is 0 Å².